The topological polar surface area (TPSA) is 34.1 Å². The molecule has 3 rings (SSSR count). The standard InChI is InChI=1S/C22H17Cl2F3O2S/c1-14(22(25,26)27)17-4-2-3-15(11-17)13-30(28,29)19-8-5-16(6-9-19)20-10-7-18(23)12-21(20)24/h2-12,14H,13H2,1H3. The van der Waals surface area contributed by atoms with Gasteiger partial charge in [-0.25, -0.2) is 8.42 Å². The van der Waals surface area contributed by atoms with Crippen LogP contribution in [0, 0.1) is 0 Å². The van der Waals surface area contributed by atoms with E-state index >= 15 is 0 Å². The molecule has 0 saturated heterocycles. The first-order chi connectivity index (χ1) is 14.0. The number of rotatable bonds is 5. The zero-order valence-corrected chi connectivity index (χ0v) is 18.1. The van der Waals surface area contributed by atoms with Gasteiger partial charge in [-0.05, 0) is 47.9 Å². The molecule has 8 heteroatoms. The summed E-state index contributed by atoms with van der Waals surface area (Å²) in [6.45, 7) is 1.05. The highest BCUT2D eigenvalue weighted by Crippen LogP contribution is 2.35. The fraction of sp³-hybridized carbons (Fsp3) is 0.182. The van der Waals surface area contributed by atoms with E-state index in [4.69, 9.17) is 23.2 Å². The Kier molecular flexibility index (Phi) is 6.51. The summed E-state index contributed by atoms with van der Waals surface area (Å²) in [5, 5.41) is 0.929. The monoisotopic (exact) mass is 472 g/mol. The molecular weight excluding hydrogens is 456 g/mol. The predicted octanol–water partition coefficient (Wildman–Crippen LogP) is 7.30. The summed E-state index contributed by atoms with van der Waals surface area (Å²) in [6, 6.07) is 16.8. The minimum Gasteiger partial charge on any atom is -0.223 e. The quantitative estimate of drug-likeness (QED) is 0.390. The maximum Gasteiger partial charge on any atom is 0.395 e. The zero-order chi connectivity index (χ0) is 22.1. The van der Waals surface area contributed by atoms with Crippen LogP contribution < -0.4 is 0 Å². The Morgan fingerprint density at radius 1 is 0.933 bits per heavy atom. The van der Waals surface area contributed by atoms with Crippen molar-refractivity contribution in [2.45, 2.75) is 29.7 Å². The molecule has 0 N–H and O–H groups in total. The van der Waals surface area contributed by atoms with Gasteiger partial charge in [0, 0.05) is 15.6 Å². The lowest BCUT2D eigenvalue weighted by Crippen LogP contribution is -2.18. The number of hydrogen-bond donors (Lipinski definition) is 0. The fourth-order valence-corrected chi connectivity index (χ4v) is 4.86. The third-order valence-electron chi connectivity index (χ3n) is 4.75. The zero-order valence-electron chi connectivity index (χ0n) is 15.7. The summed E-state index contributed by atoms with van der Waals surface area (Å²) in [4.78, 5) is 0.0746. The first kappa shape index (κ1) is 22.7. The molecule has 0 aliphatic heterocycles. The van der Waals surface area contributed by atoms with Gasteiger partial charge in [-0.3, -0.25) is 0 Å². The minimum atomic E-state index is -4.39. The van der Waals surface area contributed by atoms with Gasteiger partial charge in [0.05, 0.1) is 16.6 Å². The smallest absolute Gasteiger partial charge is 0.223 e. The molecule has 0 aromatic heterocycles. The Bertz CT molecular complexity index is 1160. The Morgan fingerprint density at radius 3 is 2.20 bits per heavy atom. The molecule has 0 aliphatic rings. The van der Waals surface area contributed by atoms with E-state index < -0.39 is 27.7 Å². The first-order valence-electron chi connectivity index (χ1n) is 8.91. The second-order valence-corrected chi connectivity index (χ2v) is 9.75. The molecule has 3 aromatic carbocycles. The van der Waals surface area contributed by atoms with Gasteiger partial charge in [0.25, 0.3) is 0 Å². The van der Waals surface area contributed by atoms with Crippen molar-refractivity contribution in [1.29, 1.82) is 0 Å². The van der Waals surface area contributed by atoms with Crippen molar-refractivity contribution in [2.75, 3.05) is 0 Å². The Labute approximate surface area is 183 Å². The summed E-state index contributed by atoms with van der Waals surface area (Å²) < 4.78 is 64.4. The molecule has 0 saturated carbocycles. The molecular formula is C22H17Cl2F3O2S. The molecule has 158 valence electrons. The van der Waals surface area contributed by atoms with E-state index in [-0.39, 0.29) is 10.5 Å². The molecule has 3 aromatic rings. The van der Waals surface area contributed by atoms with Crippen LogP contribution in [0.15, 0.2) is 71.6 Å². The van der Waals surface area contributed by atoms with Gasteiger partial charge >= 0.3 is 6.18 Å². The summed E-state index contributed by atoms with van der Waals surface area (Å²) >= 11 is 12.1. The molecule has 0 fully saturated rings. The van der Waals surface area contributed by atoms with Crippen LogP contribution in [-0.2, 0) is 15.6 Å². The van der Waals surface area contributed by atoms with Crippen molar-refractivity contribution in [1.82, 2.24) is 0 Å². The molecule has 0 spiro atoms. The van der Waals surface area contributed by atoms with Gasteiger partial charge in [-0.2, -0.15) is 13.2 Å². The highest BCUT2D eigenvalue weighted by molar-refractivity contribution is 7.90. The second kappa shape index (κ2) is 8.61. The number of alkyl halides is 3. The van der Waals surface area contributed by atoms with E-state index in [2.05, 4.69) is 0 Å². The Balaban J connectivity index is 1.84. The third kappa shape index (κ3) is 5.17. The van der Waals surface area contributed by atoms with E-state index in [9.17, 15) is 21.6 Å². The number of benzene rings is 3. The maximum atomic E-state index is 13.0. The highest BCUT2D eigenvalue weighted by atomic mass is 35.5. The summed E-state index contributed by atoms with van der Waals surface area (Å²) in [5.41, 5.74) is 1.76. The number of sulfone groups is 1. The Morgan fingerprint density at radius 2 is 1.60 bits per heavy atom. The van der Waals surface area contributed by atoms with Crippen molar-refractivity contribution in [3.8, 4) is 11.1 Å². The van der Waals surface area contributed by atoms with Crippen molar-refractivity contribution in [2.24, 2.45) is 0 Å². The number of halogens is 5. The molecule has 0 radical (unpaired) electrons. The molecule has 0 bridgehead atoms. The summed E-state index contributed by atoms with van der Waals surface area (Å²) in [7, 11) is -3.74. The van der Waals surface area contributed by atoms with E-state index in [1.54, 1.807) is 30.3 Å². The van der Waals surface area contributed by atoms with Crippen molar-refractivity contribution >= 4 is 33.0 Å². The van der Waals surface area contributed by atoms with Crippen LogP contribution >= 0.6 is 23.2 Å². The first-order valence-corrected chi connectivity index (χ1v) is 11.3. The average Bonchev–Trinajstić information content (AvgIpc) is 2.67. The van der Waals surface area contributed by atoms with E-state index in [1.165, 1.54) is 36.4 Å². The molecule has 0 heterocycles. The third-order valence-corrected chi connectivity index (χ3v) is 7.01. The largest absolute Gasteiger partial charge is 0.395 e. The SMILES string of the molecule is CC(c1cccc(CS(=O)(=O)c2ccc(-c3ccc(Cl)cc3Cl)cc2)c1)C(F)(F)F. The van der Waals surface area contributed by atoms with Gasteiger partial charge in [0.2, 0.25) is 0 Å². The molecule has 1 unspecified atom stereocenters. The predicted molar refractivity (Wildman–Crippen MR) is 114 cm³/mol. The van der Waals surface area contributed by atoms with Gasteiger partial charge < -0.3 is 0 Å². The average molecular weight is 473 g/mol. The van der Waals surface area contributed by atoms with Crippen LogP contribution in [-0.4, -0.2) is 14.6 Å². The summed E-state index contributed by atoms with van der Waals surface area (Å²) in [5.74, 6) is -2.07. The van der Waals surface area contributed by atoms with E-state index in [0.29, 0.717) is 21.2 Å². The lowest BCUT2D eigenvalue weighted by molar-refractivity contribution is -0.146. The van der Waals surface area contributed by atoms with Gasteiger partial charge in [-0.15, -0.1) is 0 Å². The van der Waals surface area contributed by atoms with Crippen LogP contribution in [0.4, 0.5) is 13.2 Å². The van der Waals surface area contributed by atoms with Crippen molar-refractivity contribution < 1.29 is 21.6 Å². The van der Waals surface area contributed by atoms with Crippen LogP contribution in [0.1, 0.15) is 24.0 Å². The van der Waals surface area contributed by atoms with Crippen LogP contribution in [0.3, 0.4) is 0 Å². The Hall–Kier alpha value is -2.02. The van der Waals surface area contributed by atoms with Crippen molar-refractivity contribution in [3.63, 3.8) is 0 Å². The maximum absolute atomic E-state index is 13.0. The molecule has 2 nitrogen and oxygen atoms in total. The highest BCUT2D eigenvalue weighted by Gasteiger charge is 2.37. The lowest BCUT2D eigenvalue weighted by Gasteiger charge is -2.16. The van der Waals surface area contributed by atoms with Gasteiger partial charge in [0.1, 0.15) is 0 Å². The van der Waals surface area contributed by atoms with E-state index in [0.717, 1.165) is 12.5 Å². The summed E-state index contributed by atoms with van der Waals surface area (Å²) in [6.07, 6.45) is -4.39. The number of hydrogen-bond acceptors (Lipinski definition) is 2. The molecule has 1 atom stereocenters. The van der Waals surface area contributed by atoms with Crippen LogP contribution in [0.25, 0.3) is 11.1 Å². The molecule has 0 aliphatic carbocycles. The minimum absolute atomic E-state index is 0.0305. The normalized spacial score (nSPS) is 13.3. The van der Waals surface area contributed by atoms with E-state index in [1.807, 2.05) is 0 Å². The van der Waals surface area contributed by atoms with Crippen LogP contribution in [0.2, 0.25) is 10.0 Å². The second-order valence-electron chi connectivity index (χ2n) is 6.92. The lowest BCUT2D eigenvalue weighted by atomic mass is 9.99. The van der Waals surface area contributed by atoms with Crippen molar-refractivity contribution in [3.05, 3.63) is 87.9 Å². The molecule has 0 amide bonds. The van der Waals surface area contributed by atoms with Crippen LogP contribution in [0.5, 0.6) is 0 Å². The fourth-order valence-electron chi connectivity index (χ4n) is 3.01. The molecule has 30 heavy (non-hydrogen) atoms. The van der Waals surface area contributed by atoms with Gasteiger partial charge in [0.15, 0.2) is 9.84 Å². The van der Waals surface area contributed by atoms with Gasteiger partial charge in [-0.1, -0.05) is 65.7 Å².